The van der Waals surface area contributed by atoms with Gasteiger partial charge in [-0.1, -0.05) is 36.8 Å². The van der Waals surface area contributed by atoms with Crippen molar-refractivity contribution in [3.8, 4) is 17.2 Å². The molecule has 0 spiro atoms. The fourth-order valence-electron chi connectivity index (χ4n) is 3.77. The van der Waals surface area contributed by atoms with Crippen LogP contribution in [0.2, 0.25) is 0 Å². The normalized spacial score (nSPS) is 12.1. The van der Waals surface area contributed by atoms with E-state index in [0.29, 0.717) is 6.61 Å². The van der Waals surface area contributed by atoms with Crippen molar-refractivity contribution in [1.29, 1.82) is 0 Å². The molecule has 0 saturated carbocycles. The highest BCUT2D eigenvalue weighted by Crippen LogP contribution is 2.35. The lowest BCUT2D eigenvalue weighted by Crippen LogP contribution is -1.99. The summed E-state index contributed by atoms with van der Waals surface area (Å²) < 4.78 is 11.7. The van der Waals surface area contributed by atoms with Crippen molar-refractivity contribution in [3.05, 3.63) is 96.5 Å². The summed E-state index contributed by atoms with van der Waals surface area (Å²) in [5.74, 6) is 2.59. The minimum Gasteiger partial charge on any atom is -0.494 e. The molecule has 3 aromatic carbocycles. The minimum atomic E-state index is 0.198. The van der Waals surface area contributed by atoms with Gasteiger partial charge in [0.1, 0.15) is 17.2 Å². The van der Waals surface area contributed by atoms with E-state index in [9.17, 15) is 0 Å². The number of aromatic nitrogens is 1. The molecular weight excluding hydrogens is 358 g/mol. The summed E-state index contributed by atoms with van der Waals surface area (Å²) in [4.78, 5) is 3.40. The number of ether oxygens (including phenoxy) is 2. The van der Waals surface area contributed by atoms with Crippen LogP contribution in [0.25, 0.3) is 10.9 Å². The first-order valence-electron chi connectivity index (χ1n) is 10.1. The summed E-state index contributed by atoms with van der Waals surface area (Å²) in [5, 5.41) is 1.26. The predicted molar refractivity (Wildman–Crippen MR) is 119 cm³/mol. The maximum Gasteiger partial charge on any atom is 0.131 e. The molecule has 0 aliphatic heterocycles. The molecule has 3 heteroatoms. The maximum absolute atomic E-state index is 6.12. The summed E-state index contributed by atoms with van der Waals surface area (Å²) in [5.41, 5.74) is 4.88. The average molecular weight is 384 g/mol. The zero-order valence-electron chi connectivity index (χ0n) is 16.9. The van der Waals surface area contributed by atoms with Gasteiger partial charge in [0.25, 0.3) is 0 Å². The van der Waals surface area contributed by atoms with Gasteiger partial charge in [0.2, 0.25) is 0 Å². The van der Waals surface area contributed by atoms with Crippen LogP contribution >= 0.6 is 0 Å². The van der Waals surface area contributed by atoms with Crippen LogP contribution in [0.3, 0.4) is 0 Å². The van der Waals surface area contributed by atoms with Crippen molar-refractivity contribution in [3.63, 3.8) is 0 Å². The first-order chi connectivity index (χ1) is 14.2. The van der Waals surface area contributed by atoms with Crippen molar-refractivity contribution >= 4 is 10.9 Å². The lowest BCUT2D eigenvalue weighted by Gasteiger charge is -2.17. The van der Waals surface area contributed by atoms with E-state index in [-0.39, 0.29) is 5.92 Å². The Balaban J connectivity index is 1.64. The second-order valence-electron chi connectivity index (χ2n) is 7.22. The van der Waals surface area contributed by atoms with E-state index in [1.54, 1.807) is 0 Å². The Bertz CT molecular complexity index is 1110. The molecule has 29 heavy (non-hydrogen) atoms. The maximum atomic E-state index is 6.12. The number of hydrogen-bond acceptors (Lipinski definition) is 2. The lowest BCUT2D eigenvalue weighted by molar-refractivity contribution is 0.338. The number of aromatic amines is 1. The topological polar surface area (TPSA) is 34.2 Å². The fourth-order valence-corrected chi connectivity index (χ4v) is 3.77. The quantitative estimate of drug-likeness (QED) is 0.371. The van der Waals surface area contributed by atoms with Gasteiger partial charge in [-0.25, -0.2) is 0 Å². The van der Waals surface area contributed by atoms with E-state index in [2.05, 4.69) is 55.4 Å². The Morgan fingerprint density at radius 1 is 0.931 bits per heavy atom. The van der Waals surface area contributed by atoms with Gasteiger partial charge in [0, 0.05) is 29.1 Å². The SMILES string of the molecule is [CH2]CC(c1cccc(Oc2cccc(OCC)c2)c1)c1c[nH]c2ccc(C)cc12. The molecule has 3 nitrogen and oxygen atoms in total. The van der Waals surface area contributed by atoms with E-state index >= 15 is 0 Å². The summed E-state index contributed by atoms with van der Waals surface area (Å²) >= 11 is 0. The van der Waals surface area contributed by atoms with Crippen molar-refractivity contribution in [1.82, 2.24) is 4.98 Å². The Morgan fingerprint density at radius 3 is 2.48 bits per heavy atom. The summed E-state index contributed by atoms with van der Waals surface area (Å²) in [6, 6.07) is 22.5. The zero-order valence-corrected chi connectivity index (χ0v) is 16.9. The molecule has 1 unspecified atom stereocenters. The number of nitrogens with one attached hydrogen (secondary N) is 1. The number of H-pyrrole nitrogens is 1. The molecule has 1 N–H and O–H groups in total. The largest absolute Gasteiger partial charge is 0.494 e. The fraction of sp³-hybridized carbons (Fsp3) is 0.192. The van der Waals surface area contributed by atoms with Crippen molar-refractivity contribution in [2.75, 3.05) is 6.61 Å². The second-order valence-corrected chi connectivity index (χ2v) is 7.22. The molecule has 0 aliphatic carbocycles. The highest BCUT2D eigenvalue weighted by molar-refractivity contribution is 5.85. The molecular formula is C26H26NO2. The Labute approximate surface area is 172 Å². The molecule has 0 fully saturated rings. The Kier molecular flexibility index (Phi) is 5.57. The molecule has 0 aliphatic rings. The van der Waals surface area contributed by atoms with E-state index in [0.717, 1.165) is 29.2 Å². The van der Waals surface area contributed by atoms with E-state index < -0.39 is 0 Å². The number of rotatable bonds is 7. The highest BCUT2D eigenvalue weighted by Gasteiger charge is 2.17. The van der Waals surface area contributed by atoms with Gasteiger partial charge < -0.3 is 14.5 Å². The van der Waals surface area contributed by atoms with Gasteiger partial charge in [-0.3, -0.25) is 0 Å². The first kappa shape index (κ1) is 19.1. The Hall–Kier alpha value is -3.20. The van der Waals surface area contributed by atoms with Crippen molar-refractivity contribution in [2.24, 2.45) is 0 Å². The number of hydrogen-bond donors (Lipinski definition) is 1. The zero-order chi connectivity index (χ0) is 20.2. The third-order valence-electron chi connectivity index (χ3n) is 5.15. The van der Waals surface area contributed by atoms with E-state index in [1.165, 1.54) is 22.1 Å². The molecule has 1 heterocycles. The number of benzene rings is 3. The van der Waals surface area contributed by atoms with Crippen LogP contribution in [0.5, 0.6) is 17.2 Å². The molecule has 4 aromatic rings. The third kappa shape index (κ3) is 4.14. The van der Waals surface area contributed by atoms with Gasteiger partial charge in [-0.05, 0) is 67.8 Å². The molecule has 1 atom stereocenters. The van der Waals surface area contributed by atoms with Gasteiger partial charge in [0.05, 0.1) is 6.61 Å². The van der Waals surface area contributed by atoms with Gasteiger partial charge in [-0.15, -0.1) is 0 Å². The minimum absolute atomic E-state index is 0.198. The standard InChI is InChI=1S/C26H26NO2/c1-4-23(25-17-27-26-13-12-18(3)14-24(25)26)19-8-6-10-21(15-19)29-22-11-7-9-20(16-22)28-5-2/h6-17,23,27H,1,4-5H2,2-3H3. The molecule has 4 rings (SSSR count). The van der Waals surface area contributed by atoms with Crippen LogP contribution < -0.4 is 9.47 Å². The molecule has 0 saturated heterocycles. The number of fused-ring (bicyclic) bond motifs is 1. The number of aryl methyl sites for hydroxylation is 1. The van der Waals surface area contributed by atoms with Crippen molar-refractivity contribution < 1.29 is 9.47 Å². The van der Waals surface area contributed by atoms with Crippen LogP contribution in [0.15, 0.2) is 72.9 Å². The average Bonchev–Trinajstić information content (AvgIpc) is 3.12. The molecule has 0 bridgehead atoms. The highest BCUT2D eigenvalue weighted by atomic mass is 16.5. The molecule has 147 valence electrons. The van der Waals surface area contributed by atoms with Crippen LogP contribution in [0.1, 0.15) is 36.0 Å². The summed E-state index contributed by atoms with van der Waals surface area (Å²) in [6.07, 6.45) is 2.88. The molecule has 0 amide bonds. The van der Waals surface area contributed by atoms with Crippen LogP contribution in [-0.4, -0.2) is 11.6 Å². The monoisotopic (exact) mass is 384 g/mol. The summed E-state index contributed by atoms with van der Waals surface area (Å²) in [7, 11) is 0. The van der Waals surface area contributed by atoms with Crippen LogP contribution in [-0.2, 0) is 0 Å². The van der Waals surface area contributed by atoms with E-state index in [1.807, 2.05) is 43.3 Å². The second kappa shape index (κ2) is 8.44. The predicted octanol–water partition coefficient (Wildman–Crippen LogP) is 7.02. The van der Waals surface area contributed by atoms with E-state index in [4.69, 9.17) is 9.47 Å². The van der Waals surface area contributed by atoms with Crippen LogP contribution in [0, 0.1) is 13.8 Å². The van der Waals surface area contributed by atoms with Gasteiger partial charge in [0.15, 0.2) is 0 Å². The lowest BCUT2D eigenvalue weighted by atomic mass is 9.88. The molecule has 1 aromatic heterocycles. The smallest absolute Gasteiger partial charge is 0.131 e. The summed E-state index contributed by atoms with van der Waals surface area (Å²) in [6.45, 7) is 8.95. The molecule has 1 radical (unpaired) electrons. The van der Waals surface area contributed by atoms with Gasteiger partial charge in [-0.2, -0.15) is 0 Å². The van der Waals surface area contributed by atoms with Gasteiger partial charge >= 0.3 is 0 Å². The Morgan fingerprint density at radius 2 is 1.69 bits per heavy atom. The van der Waals surface area contributed by atoms with Crippen LogP contribution in [0.4, 0.5) is 0 Å². The third-order valence-corrected chi connectivity index (χ3v) is 5.15. The first-order valence-corrected chi connectivity index (χ1v) is 10.1. The van der Waals surface area contributed by atoms with Crippen molar-refractivity contribution in [2.45, 2.75) is 26.2 Å².